The number of carbonyl (C=O) groups is 3. The summed E-state index contributed by atoms with van der Waals surface area (Å²) < 4.78 is 43.6. The Morgan fingerprint density at radius 1 is 0.829 bits per heavy atom. The number of rotatable bonds is 8. The number of aromatic hydroxyl groups is 1. The van der Waals surface area contributed by atoms with Crippen LogP contribution in [-0.2, 0) is 15.8 Å². The maximum atomic E-state index is 12.8. The zero-order valence-electron chi connectivity index (χ0n) is 18.1. The molecule has 0 heterocycles. The molecule has 11 heteroatoms. The average molecular weight is 487 g/mol. The summed E-state index contributed by atoms with van der Waals surface area (Å²) >= 11 is 0. The molecule has 35 heavy (non-hydrogen) atoms. The first-order valence-corrected chi connectivity index (χ1v) is 10.2. The van der Waals surface area contributed by atoms with E-state index in [1.165, 1.54) is 60.7 Å². The molecular weight excluding hydrogens is 467 g/mol. The first kappa shape index (κ1) is 25.1. The molecular formula is C24H20F3N3O5. The number of alkyl halides is 3. The van der Waals surface area contributed by atoms with Gasteiger partial charge in [-0.3, -0.25) is 14.4 Å². The minimum Gasteiger partial charge on any atom is -0.508 e. The molecule has 0 radical (unpaired) electrons. The first-order valence-electron chi connectivity index (χ1n) is 10.2. The number of carbonyl (C=O) groups excluding carboxylic acids is 3. The van der Waals surface area contributed by atoms with Crippen LogP contribution in [0.5, 0.6) is 11.5 Å². The van der Waals surface area contributed by atoms with Crippen LogP contribution in [0.2, 0.25) is 0 Å². The van der Waals surface area contributed by atoms with Crippen LogP contribution in [-0.4, -0.2) is 36.0 Å². The van der Waals surface area contributed by atoms with Gasteiger partial charge >= 0.3 is 6.18 Å². The van der Waals surface area contributed by atoms with Crippen LogP contribution >= 0.6 is 0 Å². The van der Waals surface area contributed by atoms with Gasteiger partial charge in [0.25, 0.3) is 11.8 Å². The summed E-state index contributed by atoms with van der Waals surface area (Å²) in [6.07, 6.45) is -4.53. The van der Waals surface area contributed by atoms with Gasteiger partial charge in [0.15, 0.2) is 6.61 Å². The lowest BCUT2D eigenvalue weighted by Crippen LogP contribution is -2.32. The Balaban J connectivity index is 1.44. The van der Waals surface area contributed by atoms with E-state index in [-0.39, 0.29) is 29.3 Å². The second kappa shape index (κ2) is 11.1. The standard InChI is InChI=1S/C24H20F3N3O5/c25-24(26,27)16-2-1-3-18(12-16)30-22(33)14-35-20-10-4-15(5-11-20)23(34)28-13-21(32)29-17-6-8-19(31)9-7-17/h1-12,31H,13-14H2,(H,28,34)(H,29,32)(H,30,33). The Kier molecular flexibility index (Phi) is 7.92. The maximum Gasteiger partial charge on any atom is 0.416 e. The number of amides is 3. The van der Waals surface area contributed by atoms with Crippen LogP contribution in [0, 0.1) is 0 Å². The molecule has 3 aromatic carbocycles. The van der Waals surface area contributed by atoms with E-state index >= 15 is 0 Å². The van der Waals surface area contributed by atoms with Crippen molar-refractivity contribution in [1.29, 1.82) is 0 Å². The lowest BCUT2D eigenvalue weighted by molar-refractivity contribution is -0.137. The van der Waals surface area contributed by atoms with E-state index in [1.807, 2.05) is 0 Å². The number of phenols is 1. The number of halogens is 3. The van der Waals surface area contributed by atoms with Gasteiger partial charge in [0.1, 0.15) is 11.5 Å². The van der Waals surface area contributed by atoms with Crippen molar-refractivity contribution >= 4 is 29.1 Å². The summed E-state index contributed by atoms with van der Waals surface area (Å²) in [6, 6.07) is 15.8. The molecule has 182 valence electrons. The molecule has 0 spiro atoms. The van der Waals surface area contributed by atoms with E-state index in [0.29, 0.717) is 5.69 Å². The third-order valence-corrected chi connectivity index (χ3v) is 4.52. The number of anilines is 2. The molecule has 0 aromatic heterocycles. The van der Waals surface area contributed by atoms with E-state index in [2.05, 4.69) is 16.0 Å². The van der Waals surface area contributed by atoms with Gasteiger partial charge in [-0.05, 0) is 66.7 Å². The summed E-state index contributed by atoms with van der Waals surface area (Å²) in [5.74, 6) is -1.33. The zero-order chi connectivity index (χ0) is 25.4. The summed E-state index contributed by atoms with van der Waals surface area (Å²) in [7, 11) is 0. The predicted molar refractivity (Wildman–Crippen MR) is 121 cm³/mol. The smallest absolute Gasteiger partial charge is 0.416 e. The second-order valence-corrected chi connectivity index (χ2v) is 7.22. The highest BCUT2D eigenvalue weighted by molar-refractivity contribution is 5.99. The van der Waals surface area contributed by atoms with Gasteiger partial charge in [-0.1, -0.05) is 6.07 Å². The average Bonchev–Trinajstić information content (AvgIpc) is 2.82. The second-order valence-electron chi connectivity index (χ2n) is 7.22. The number of hydrogen-bond donors (Lipinski definition) is 4. The number of ether oxygens (including phenoxy) is 1. The van der Waals surface area contributed by atoms with Crippen LogP contribution in [0.4, 0.5) is 24.5 Å². The van der Waals surface area contributed by atoms with E-state index in [4.69, 9.17) is 4.74 Å². The van der Waals surface area contributed by atoms with Crippen molar-refractivity contribution in [2.45, 2.75) is 6.18 Å². The minimum atomic E-state index is -4.53. The van der Waals surface area contributed by atoms with Gasteiger partial charge < -0.3 is 25.8 Å². The molecule has 3 rings (SSSR count). The van der Waals surface area contributed by atoms with Gasteiger partial charge in [0.05, 0.1) is 12.1 Å². The molecule has 4 N–H and O–H groups in total. The SMILES string of the molecule is O=C(CNC(=O)c1ccc(OCC(=O)Nc2cccc(C(F)(F)F)c2)cc1)Nc1ccc(O)cc1. The fourth-order valence-electron chi connectivity index (χ4n) is 2.83. The van der Waals surface area contributed by atoms with Crippen molar-refractivity contribution < 1.29 is 37.4 Å². The molecule has 0 saturated heterocycles. The highest BCUT2D eigenvalue weighted by Gasteiger charge is 2.30. The van der Waals surface area contributed by atoms with Crippen LogP contribution in [0.3, 0.4) is 0 Å². The largest absolute Gasteiger partial charge is 0.508 e. The number of benzene rings is 3. The van der Waals surface area contributed by atoms with Crippen LogP contribution in [0.25, 0.3) is 0 Å². The van der Waals surface area contributed by atoms with Crippen molar-refractivity contribution in [2.75, 3.05) is 23.8 Å². The van der Waals surface area contributed by atoms with Crippen molar-refractivity contribution in [3.8, 4) is 11.5 Å². The predicted octanol–water partition coefficient (Wildman–Crippen LogP) is 3.80. The maximum absolute atomic E-state index is 12.8. The molecule has 8 nitrogen and oxygen atoms in total. The molecule has 0 aliphatic heterocycles. The van der Waals surface area contributed by atoms with Crippen molar-refractivity contribution in [3.05, 3.63) is 83.9 Å². The lowest BCUT2D eigenvalue weighted by Gasteiger charge is -2.11. The van der Waals surface area contributed by atoms with E-state index in [0.717, 1.165) is 12.1 Å². The van der Waals surface area contributed by atoms with Crippen LogP contribution in [0.15, 0.2) is 72.8 Å². The Morgan fingerprint density at radius 2 is 1.49 bits per heavy atom. The van der Waals surface area contributed by atoms with E-state index in [1.54, 1.807) is 0 Å². The summed E-state index contributed by atoms with van der Waals surface area (Å²) in [5, 5.41) is 16.6. The fraction of sp³-hybridized carbons (Fsp3) is 0.125. The molecule has 0 unspecified atom stereocenters. The molecule has 0 saturated carbocycles. The van der Waals surface area contributed by atoms with Gasteiger partial charge in [0, 0.05) is 16.9 Å². The number of nitrogens with one attached hydrogen (secondary N) is 3. The third-order valence-electron chi connectivity index (χ3n) is 4.52. The van der Waals surface area contributed by atoms with Gasteiger partial charge in [-0.2, -0.15) is 13.2 Å². The lowest BCUT2D eigenvalue weighted by atomic mass is 10.2. The van der Waals surface area contributed by atoms with Crippen molar-refractivity contribution in [2.24, 2.45) is 0 Å². The zero-order valence-corrected chi connectivity index (χ0v) is 18.1. The van der Waals surface area contributed by atoms with Crippen molar-refractivity contribution in [1.82, 2.24) is 5.32 Å². The summed E-state index contributed by atoms with van der Waals surface area (Å²) in [6.45, 7) is -0.743. The topological polar surface area (TPSA) is 117 Å². The number of hydrogen-bond acceptors (Lipinski definition) is 5. The molecule has 0 aliphatic rings. The van der Waals surface area contributed by atoms with Crippen LogP contribution < -0.4 is 20.7 Å². The summed E-state index contributed by atoms with van der Waals surface area (Å²) in [5.41, 5.74) is -0.207. The Hall–Kier alpha value is -4.54. The molecule has 0 atom stereocenters. The molecule has 3 amide bonds. The van der Waals surface area contributed by atoms with E-state index < -0.39 is 36.1 Å². The molecule has 3 aromatic rings. The number of phenolic OH excluding ortho intramolecular Hbond substituents is 1. The Bertz CT molecular complexity index is 1200. The normalized spacial score (nSPS) is 10.8. The minimum absolute atomic E-state index is 0.0186. The highest BCUT2D eigenvalue weighted by atomic mass is 19.4. The Labute approximate surface area is 197 Å². The van der Waals surface area contributed by atoms with Gasteiger partial charge in [-0.15, -0.1) is 0 Å². The third kappa shape index (κ3) is 7.77. The quantitative estimate of drug-likeness (QED) is 0.361. The van der Waals surface area contributed by atoms with E-state index in [9.17, 15) is 32.7 Å². The first-order chi connectivity index (χ1) is 16.6. The van der Waals surface area contributed by atoms with Gasteiger partial charge in [-0.25, -0.2) is 0 Å². The fourth-order valence-corrected chi connectivity index (χ4v) is 2.83. The molecule has 0 fully saturated rings. The van der Waals surface area contributed by atoms with Gasteiger partial charge in [0.2, 0.25) is 5.91 Å². The molecule has 0 aliphatic carbocycles. The highest BCUT2D eigenvalue weighted by Crippen LogP contribution is 2.30. The van der Waals surface area contributed by atoms with Crippen molar-refractivity contribution in [3.63, 3.8) is 0 Å². The molecule has 0 bridgehead atoms. The monoisotopic (exact) mass is 487 g/mol. The summed E-state index contributed by atoms with van der Waals surface area (Å²) in [4.78, 5) is 36.1. The van der Waals surface area contributed by atoms with Crippen LogP contribution in [0.1, 0.15) is 15.9 Å². The Morgan fingerprint density at radius 3 is 2.14 bits per heavy atom.